The van der Waals surface area contributed by atoms with Crippen LogP contribution in [0.25, 0.3) is 0 Å². The zero-order chi connectivity index (χ0) is 12.0. The summed E-state index contributed by atoms with van der Waals surface area (Å²) in [5, 5.41) is 5.81. The van der Waals surface area contributed by atoms with E-state index in [4.69, 9.17) is 0 Å². The first kappa shape index (κ1) is 12.7. The summed E-state index contributed by atoms with van der Waals surface area (Å²) in [5.74, 6) is 0.0511. The minimum atomic E-state index is -0.127. The molecular formula is C13H20N2O. The predicted molar refractivity (Wildman–Crippen MR) is 66.4 cm³/mol. The van der Waals surface area contributed by atoms with Crippen molar-refractivity contribution in [3.63, 3.8) is 0 Å². The summed E-state index contributed by atoms with van der Waals surface area (Å²) in [5.41, 5.74) is 2.52. The van der Waals surface area contributed by atoms with Gasteiger partial charge in [-0.2, -0.15) is 0 Å². The smallest absolute Gasteiger partial charge is 0.236 e. The van der Waals surface area contributed by atoms with Gasteiger partial charge in [0.2, 0.25) is 5.91 Å². The van der Waals surface area contributed by atoms with Crippen molar-refractivity contribution in [3.05, 3.63) is 35.4 Å². The molecule has 1 unspecified atom stereocenters. The van der Waals surface area contributed by atoms with E-state index >= 15 is 0 Å². The van der Waals surface area contributed by atoms with Crippen LogP contribution in [0, 0.1) is 6.92 Å². The number of benzene rings is 1. The third-order valence-electron chi connectivity index (χ3n) is 2.62. The minimum Gasteiger partial charge on any atom is -0.354 e. The van der Waals surface area contributed by atoms with Crippen molar-refractivity contribution in [3.8, 4) is 0 Å². The zero-order valence-corrected chi connectivity index (χ0v) is 10.2. The van der Waals surface area contributed by atoms with Crippen molar-refractivity contribution in [1.82, 2.24) is 10.6 Å². The van der Waals surface area contributed by atoms with Gasteiger partial charge in [-0.1, -0.05) is 29.8 Å². The van der Waals surface area contributed by atoms with Gasteiger partial charge in [0.15, 0.2) is 0 Å². The second-order valence-corrected chi connectivity index (χ2v) is 4.04. The molecule has 1 amide bonds. The number of carbonyl (C=O) groups excluding carboxylic acids is 1. The monoisotopic (exact) mass is 220 g/mol. The van der Waals surface area contributed by atoms with Crippen LogP contribution in [0.4, 0.5) is 0 Å². The number of carbonyl (C=O) groups is 1. The van der Waals surface area contributed by atoms with Gasteiger partial charge in [-0.05, 0) is 32.9 Å². The van der Waals surface area contributed by atoms with Gasteiger partial charge in [-0.3, -0.25) is 4.79 Å². The van der Waals surface area contributed by atoms with Gasteiger partial charge in [0.05, 0.1) is 6.04 Å². The van der Waals surface area contributed by atoms with Crippen molar-refractivity contribution in [2.75, 3.05) is 13.6 Å². The molecule has 1 rings (SSSR count). The molecule has 88 valence electrons. The Morgan fingerprint density at radius 2 is 2.19 bits per heavy atom. The van der Waals surface area contributed by atoms with E-state index in [2.05, 4.69) is 35.8 Å². The lowest BCUT2D eigenvalue weighted by Crippen LogP contribution is -2.41. The van der Waals surface area contributed by atoms with E-state index in [1.807, 2.05) is 13.0 Å². The summed E-state index contributed by atoms with van der Waals surface area (Å²) in [6.07, 6.45) is 0.879. The molecule has 0 aromatic heterocycles. The molecule has 0 heterocycles. The largest absolute Gasteiger partial charge is 0.354 e. The fraction of sp³-hybridized carbons (Fsp3) is 0.462. The highest BCUT2D eigenvalue weighted by Gasteiger charge is 2.08. The van der Waals surface area contributed by atoms with Crippen LogP contribution >= 0.6 is 0 Å². The number of amides is 1. The first-order valence-electron chi connectivity index (χ1n) is 5.64. The summed E-state index contributed by atoms with van der Waals surface area (Å²) in [7, 11) is 1.78. The molecule has 0 aliphatic carbocycles. The number of likely N-dealkylation sites (N-methyl/N-ethyl adjacent to an activating group) is 1. The van der Waals surface area contributed by atoms with E-state index in [0.717, 1.165) is 6.42 Å². The molecular weight excluding hydrogens is 200 g/mol. The molecule has 2 N–H and O–H groups in total. The first-order valence-corrected chi connectivity index (χ1v) is 5.64. The van der Waals surface area contributed by atoms with E-state index in [-0.39, 0.29) is 11.9 Å². The van der Waals surface area contributed by atoms with Gasteiger partial charge in [-0.25, -0.2) is 0 Å². The predicted octanol–water partition coefficient (Wildman–Crippen LogP) is 1.26. The van der Waals surface area contributed by atoms with Crippen LogP contribution < -0.4 is 10.6 Å². The van der Waals surface area contributed by atoms with Crippen molar-refractivity contribution >= 4 is 5.91 Å². The van der Waals surface area contributed by atoms with Crippen LogP contribution in [0.5, 0.6) is 0 Å². The highest BCUT2D eigenvalue weighted by molar-refractivity contribution is 5.81. The van der Waals surface area contributed by atoms with Gasteiger partial charge in [-0.15, -0.1) is 0 Å². The molecule has 1 atom stereocenters. The van der Waals surface area contributed by atoms with Crippen LogP contribution in [0.2, 0.25) is 0 Å². The number of rotatable bonds is 5. The lowest BCUT2D eigenvalue weighted by molar-refractivity contribution is -0.122. The molecule has 0 bridgehead atoms. The number of aryl methyl sites for hydroxylation is 1. The topological polar surface area (TPSA) is 41.1 Å². The molecule has 3 heteroatoms. The number of hydrogen-bond donors (Lipinski definition) is 2. The molecule has 16 heavy (non-hydrogen) atoms. The number of hydrogen-bond acceptors (Lipinski definition) is 2. The molecule has 0 fully saturated rings. The van der Waals surface area contributed by atoms with E-state index in [1.165, 1.54) is 11.1 Å². The Balaban J connectivity index is 2.33. The van der Waals surface area contributed by atoms with E-state index < -0.39 is 0 Å². The Morgan fingerprint density at radius 3 is 2.81 bits per heavy atom. The van der Waals surface area contributed by atoms with E-state index in [1.54, 1.807) is 7.05 Å². The molecule has 1 aromatic rings. The van der Waals surface area contributed by atoms with Crippen molar-refractivity contribution in [1.29, 1.82) is 0 Å². The standard InChI is InChI=1S/C13H20N2O/c1-10-5-4-6-12(9-10)7-8-15-13(16)11(2)14-3/h4-6,9,11,14H,7-8H2,1-3H3,(H,15,16). The van der Waals surface area contributed by atoms with Crippen molar-refractivity contribution in [2.24, 2.45) is 0 Å². The molecule has 0 radical (unpaired) electrons. The molecule has 0 aliphatic rings. The van der Waals surface area contributed by atoms with E-state index in [0.29, 0.717) is 6.54 Å². The Hall–Kier alpha value is -1.35. The van der Waals surface area contributed by atoms with Crippen LogP contribution in [-0.4, -0.2) is 25.5 Å². The van der Waals surface area contributed by atoms with Crippen molar-refractivity contribution < 1.29 is 4.79 Å². The Morgan fingerprint density at radius 1 is 1.44 bits per heavy atom. The maximum atomic E-state index is 11.5. The highest BCUT2D eigenvalue weighted by atomic mass is 16.2. The lowest BCUT2D eigenvalue weighted by Gasteiger charge is -2.10. The second-order valence-electron chi connectivity index (χ2n) is 4.04. The second kappa shape index (κ2) is 6.28. The lowest BCUT2D eigenvalue weighted by atomic mass is 10.1. The van der Waals surface area contributed by atoms with Crippen LogP contribution in [0.15, 0.2) is 24.3 Å². The Labute approximate surface area is 97.2 Å². The van der Waals surface area contributed by atoms with E-state index in [9.17, 15) is 4.79 Å². The minimum absolute atomic E-state index is 0.0511. The maximum Gasteiger partial charge on any atom is 0.236 e. The van der Waals surface area contributed by atoms with Crippen LogP contribution in [-0.2, 0) is 11.2 Å². The van der Waals surface area contributed by atoms with Crippen LogP contribution in [0.3, 0.4) is 0 Å². The molecule has 0 saturated heterocycles. The quantitative estimate of drug-likeness (QED) is 0.784. The summed E-state index contributed by atoms with van der Waals surface area (Å²) in [4.78, 5) is 11.5. The Bertz CT molecular complexity index is 350. The van der Waals surface area contributed by atoms with Gasteiger partial charge in [0.1, 0.15) is 0 Å². The van der Waals surface area contributed by atoms with Gasteiger partial charge in [0.25, 0.3) is 0 Å². The van der Waals surface area contributed by atoms with Crippen LogP contribution in [0.1, 0.15) is 18.1 Å². The summed E-state index contributed by atoms with van der Waals surface area (Å²) in [6.45, 7) is 4.61. The third-order valence-corrected chi connectivity index (χ3v) is 2.62. The molecule has 1 aromatic carbocycles. The molecule has 3 nitrogen and oxygen atoms in total. The van der Waals surface area contributed by atoms with Gasteiger partial charge < -0.3 is 10.6 Å². The average molecular weight is 220 g/mol. The first-order chi connectivity index (χ1) is 7.63. The fourth-order valence-corrected chi connectivity index (χ4v) is 1.48. The third kappa shape index (κ3) is 4.03. The van der Waals surface area contributed by atoms with Crippen molar-refractivity contribution in [2.45, 2.75) is 26.3 Å². The summed E-state index contributed by atoms with van der Waals surface area (Å²) < 4.78 is 0. The zero-order valence-electron chi connectivity index (χ0n) is 10.2. The fourth-order valence-electron chi connectivity index (χ4n) is 1.48. The molecule has 0 aliphatic heterocycles. The summed E-state index contributed by atoms with van der Waals surface area (Å²) in [6, 6.07) is 8.22. The maximum absolute atomic E-state index is 11.5. The van der Waals surface area contributed by atoms with Gasteiger partial charge >= 0.3 is 0 Å². The molecule has 0 spiro atoms. The SMILES string of the molecule is CNC(C)C(=O)NCCc1cccc(C)c1. The summed E-state index contributed by atoms with van der Waals surface area (Å²) >= 11 is 0. The molecule has 0 saturated carbocycles. The average Bonchev–Trinajstić information content (AvgIpc) is 2.28. The van der Waals surface area contributed by atoms with Gasteiger partial charge in [0, 0.05) is 6.54 Å². The highest BCUT2D eigenvalue weighted by Crippen LogP contribution is 2.03. The Kier molecular flexibility index (Phi) is 4.99. The normalized spacial score (nSPS) is 12.2. The number of nitrogens with one attached hydrogen (secondary N) is 2.